The lowest BCUT2D eigenvalue weighted by Crippen LogP contribution is -2.50. The Hall–Kier alpha value is -1.25. The number of thiophene rings is 1. The number of ether oxygens (including phenoxy) is 1. The Bertz CT molecular complexity index is 1340. The largest absolute Gasteiger partial charge is 0.379 e. The van der Waals surface area contributed by atoms with E-state index in [0.29, 0.717) is 55.2 Å². The first kappa shape index (κ1) is 26.4. The fourth-order valence-electron chi connectivity index (χ4n) is 4.51. The van der Waals surface area contributed by atoms with Crippen molar-refractivity contribution >= 4 is 77.3 Å². The SMILES string of the molecule is CSc1ccc2nc(N(CCN3CCOCC3)C(=O)C3CCCN3S(=O)(=O)c3ccc(Cl)s3)sc2c1. The van der Waals surface area contributed by atoms with E-state index in [2.05, 4.69) is 11.0 Å². The molecule has 0 N–H and O–H groups in total. The molecule has 1 amide bonds. The minimum atomic E-state index is -3.82. The number of hydrogen-bond donors (Lipinski definition) is 0. The van der Waals surface area contributed by atoms with Crippen LogP contribution in [0.2, 0.25) is 4.34 Å². The molecule has 2 aliphatic rings. The second-order valence-corrected chi connectivity index (χ2v) is 14.3. The van der Waals surface area contributed by atoms with Gasteiger partial charge in [0.25, 0.3) is 10.0 Å². The van der Waals surface area contributed by atoms with Crippen LogP contribution in [0, 0.1) is 0 Å². The summed E-state index contributed by atoms with van der Waals surface area (Å²) in [5, 5.41) is 0.602. The van der Waals surface area contributed by atoms with Crippen molar-refractivity contribution in [3.05, 3.63) is 34.7 Å². The summed E-state index contributed by atoms with van der Waals surface area (Å²) in [6.07, 6.45) is 3.13. The van der Waals surface area contributed by atoms with Crippen LogP contribution in [0.3, 0.4) is 0 Å². The number of sulfonamides is 1. The molecular formula is C23H27ClN4O4S4. The third-order valence-corrected chi connectivity index (χ3v) is 11.8. The zero-order chi connectivity index (χ0) is 25.3. The monoisotopic (exact) mass is 586 g/mol. The van der Waals surface area contributed by atoms with Gasteiger partial charge in [0.2, 0.25) is 5.91 Å². The van der Waals surface area contributed by atoms with Gasteiger partial charge in [-0.15, -0.1) is 23.1 Å². The molecule has 2 fully saturated rings. The predicted molar refractivity (Wildman–Crippen MR) is 147 cm³/mol. The summed E-state index contributed by atoms with van der Waals surface area (Å²) in [5.74, 6) is -0.226. The van der Waals surface area contributed by atoms with Crippen LogP contribution in [-0.2, 0) is 19.6 Å². The highest BCUT2D eigenvalue weighted by Crippen LogP contribution is 2.35. The van der Waals surface area contributed by atoms with Crippen LogP contribution in [0.1, 0.15) is 12.8 Å². The van der Waals surface area contributed by atoms with Crippen molar-refractivity contribution < 1.29 is 17.9 Å². The number of halogens is 1. The van der Waals surface area contributed by atoms with Gasteiger partial charge in [-0.1, -0.05) is 22.9 Å². The standard InChI is InChI=1S/C23H27ClN4O4S4/c1-33-16-4-5-17-19(15-16)34-23(25-17)27(10-9-26-11-13-32-14-12-26)22(29)18-3-2-8-28(18)36(30,31)21-7-6-20(24)35-21/h4-7,15,18H,2-3,8-14H2,1H3. The number of thiazole rings is 1. The topological polar surface area (TPSA) is 83.1 Å². The van der Waals surface area contributed by atoms with Gasteiger partial charge in [0.15, 0.2) is 5.13 Å². The Kier molecular flexibility index (Phi) is 8.23. The third kappa shape index (κ3) is 5.46. The fourth-order valence-corrected chi connectivity index (χ4v) is 9.32. The molecular weight excluding hydrogens is 560 g/mol. The average molecular weight is 587 g/mol. The molecule has 2 aromatic heterocycles. The van der Waals surface area contributed by atoms with Crippen LogP contribution in [-0.4, -0.2) is 86.7 Å². The van der Waals surface area contributed by atoms with Crippen LogP contribution >= 0.6 is 46.0 Å². The highest BCUT2D eigenvalue weighted by atomic mass is 35.5. The molecule has 1 unspecified atom stereocenters. The van der Waals surface area contributed by atoms with E-state index in [9.17, 15) is 13.2 Å². The van der Waals surface area contributed by atoms with Crippen LogP contribution in [0.15, 0.2) is 39.4 Å². The minimum Gasteiger partial charge on any atom is -0.379 e. The van der Waals surface area contributed by atoms with Crippen molar-refractivity contribution in [2.75, 3.05) is 57.1 Å². The van der Waals surface area contributed by atoms with Gasteiger partial charge >= 0.3 is 0 Å². The number of benzene rings is 1. The highest BCUT2D eigenvalue weighted by molar-refractivity contribution is 7.98. The van der Waals surface area contributed by atoms with Crippen molar-refractivity contribution in [1.29, 1.82) is 0 Å². The number of amides is 1. The summed E-state index contributed by atoms with van der Waals surface area (Å²) in [7, 11) is -3.82. The molecule has 13 heteroatoms. The van der Waals surface area contributed by atoms with E-state index in [-0.39, 0.29) is 10.1 Å². The molecule has 0 saturated carbocycles. The van der Waals surface area contributed by atoms with Crippen LogP contribution in [0.4, 0.5) is 5.13 Å². The Morgan fingerprint density at radius 2 is 2.03 bits per heavy atom. The Morgan fingerprint density at radius 3 is 2.75 bits per heavy atom. The second-order valence-electron chi connectivity index (χ2n) is 8.61. The van der Waals surface area contributed by atoms with Gasteiger partial charge in [-0.05, 0) is 49.4 Å². The average Bonchev–Trinajstić information content (AvgIpc) is 3.64. The van der Waals surface area contributed by atoms with Crippen molar-refractivity contribution in [1.82, 2.24) is 14.2 Å². The van der Waals surface area contributed by atoms with Gasteiger partial charge in [0, 0.05) is 37.6 Å². The maximum absolute atomic E-state index is 14.0. The number of carbonyl (C=O) groups is 1. The third-order valence-electron chi connectivity index (χ3n) is 6.43. The molecule has 194 valence electrons. The summed E-state index contributed by atoms with van der Waals surface area (Å²) >= 11 is 10.2. The molecule has 0 bridgehead atoms. The fraction of sp³-hybridized carbons (Fsp3) is 0.478. The molecule has 5 rings (SSSR count). The molecule has 8 nitrogen and oxygen atoms in total. The zero-order valence-corrected chi connectivity index (χ0v) is 23.8. The molecule has 0 spiro atoms. The van der Waals surface area contributed by atoms with Crippen molar-refractivity contribution in [2.45, 2.75) is 28.0 Å². The summed E-state index contributed by atoms with van der Waals surface area (Å²) in [5.41, 5.74) is 0.834. The molecule has 1 aromatic carbocycles. The normalized spacial score (nSPS) is 19.8. The van der Waals surface area contributed by atoms with E-state index in [0.717, 1.165) is 39.5 Å². The Morgan fingerprint density at radius 1 is 1.22 bits per heavy atom. The van der Waals surface area contributed by atoms with Crippen LogP contribution < -0.4 is 4.90 Å². The summed E-state index contributed by atoms with van der Waals surface area (Å²) in [4.78, 5) is 23.9. The molecule has 2 aliphatic heterocycles. The number of fused-ring (bicyclic) bond motifs is 1. The van der Waals surface area contributed by atoms with Crippen LogP contribution in [0.25, 0.3) is 10.2 Å². The Balaban J connectivity index is 1.45. The Labute approximate surface area is 228 Å². The first-order valence-corrected chi connectivity index (χ1v) is 16.4. The zero-order valence-electron chi connectivity index (χ0n) is 19.8. The minimum absolute atomic E-state index is 0.164. The summed E-state index contributed by atoms with van der Waals surface area (Å²) in [6.45, 7) is 4.37. The molecule has 1 atom stereocenters. The highest BCUT2D eigenvalue weighted by Gasteiger charge is 2.42. The lowest BCUT2D eigenvalue weighted by atomic mass is 10.2. The molecule has 2 saturated heterocycles. The molecule has 3 aromatic rings. The van der Waals surface area contributed by atoms with E-state index < -0.39 is 16.1 Å². The molecule has 0 radical (unpaired) electrons. The molecule has 0 aliphatic carbocycles. The van der Waals surface area contributed by atoms with E-state index >= 15 is 0 Å². The number of anilines is 1. The van der Waals surface area contributed by atoms with E-state index in [1.54, 1.807) is 22.7 Å². The summed E-state index contributed by atoms with van der Waals surface area (Å²) in [6, 6.07) is 8.39. The number of aromatic nitrogens is 1. The predicted octanol–water partition coefficient (Wildman–Crippen LogP) is 4.25. The number of nitrogens with zero attached hydrogens (tertiary/aromatic N) is 4. The lowest BCUT2D eigenvalue weighted by Gasteiger charge is -2.31. The first-order chi connectivity index (χ1) is 17.4. The molecule has 4 heterocycles. The van der Waals surface area contributed by atoms with Gasteiger partial charge in [0.1, 0.15) is 10.3 Å². The van der Waals surface area contributed by atoms with Crippen molar-refractivity contribution in [3.63, 3.8) is 0 Å². The van der Waals surface area contributed by atoms with E-state index in [1.807, 2.05) is 18.4 Å². The summed E-state index contributed by atoms with van der Waals surface area (Å²) < 4.78 is 35.2. The van der Waals surface area contributed by atoms with Gasteiger partial charge in [-0.25, -0.2) is 13.4 Å². The maximum Gasteiger partial charge on any atom is 0.253 e. The number of carbonyl (C=O) groups excluding carboxylic acids is 1. The number of thioether (sulfide) groups is 1. The number of morpholine rings is 1. The first-order valence-electron chi connectivity index (χ1n) is 11.7. The van der Waals surface area contributed by atoms with Gasteiger partial charge in [-0.3, -0.25) is 14.6 Å². The van der Waals surface area contributed by atoms with Gasteiger partial charge in [-0.2, -0.15) is 4.31 Å². The van der Waals surface area contributed by atoms with Crippen molar-refractivity contribution in [2.24, 2.45) is 0 Å². The van der Waals surface area contributed by atoms with Crippen molar-refractivity contribution in [3.8, 4) is 0 Å². The van der Waals surface area contributed by atoms with Gasteiger partial charge in [0.05, 0.1) is 27.8 Å². The van der Waals surface area contributed by atoms with Gasteiger partial charge < -0.3 is 4.74 Å². The van der Waals surface area contributed by atoms with Crippen LogP contribution in [0.5, 0.6) is 0 Å². The van der Waals surface area contributed by atoms with E-state index in [1.165, 1.54) is 21.7 Å². The smallest absolute Gasteiger partial charge is 0.253 e. The number of hydrogen-bond acceptors (Lipinski definition) is 9. The second kappa shape index (κ2) is 11.2. The maximum atomic E-state index is 14.0. The number of rotatable bonds is 8. The lowest BCUT2D eigenvalue weighted by molar-refractivity contribution is -0.121. The molecule has 36 heavy (non-hydrogen) atoms. The van der Waals surface area contributed by atoms with E-state index in [4.69, 9.17) is 21.3 Å². The quantitative estimate of drug-likeness (QED) is 0.365.